The summed E-state index contributed by atoms with van der Waals surface area (Å²) in [6.45, 7) is 4.13. The second-order valence-corrected chi connectivity index (χ2v) is 5.08. The Morgan fingerprint density at radius 2 is 2.24 bits per heavy atom. The third-order valence-corrected chi connectivity index (χ3v) is 3.50. The number of nitrogens with one attached hydrogen (secondary N) is 1. The molecule has 1 aliphatic heterocycles. The first-order valence-electron chi connectivity index (χ1n) is 6.98. The molecule has 1 fully saturated rings. The fraction of sp³-hybridized carbons (Fsp3) is 0.571. The molecule has 0 aromatic carbocycles. The van der Waals surface area contributed by atoms with Crippen molar-refractivity contribution in [3.8, 4) is 0 Å². The van der Waals surface area contributed by atoms with Crippen LogP contribution in [0.3, 0.4) is 0 Å². The van der Waals surface area contributed by atoms with Crippen LogP contribution in [0.5, 0.6) is 0 Å². The second kappa shape index (κ2) is 6.43. The normalized spacial score (nSPS) is 18.8. The highest BCUT2D eigenvalue weighted by molar-refractivity contribution is 5.94. The molecule has 1 atom stereocenters. The van der Waals surface area contributed by atoms with Gasteiger partial charge < -0.3 is 10.2 Å². The molecular weight excluding hydrogens is 283 g/mol. The van der Waals surface area contributed by atoms with Gasteiger partial charge in [0.25, 0.3) is 5.91 Å². The van der Waals surface area contributed by atoms with Gasteiger partial charge in [0.1, 0.15) is 5.69 Å². The predicted molar refractivity (Wildman–Crippen MR) is 71.8 cm³/mol. The summed E-state index contributed by atoms with van der Waals surface area (Å²) in [5, 5.41) is 3.19. The third kappa shape index (κ3) is 3.72. The number of pyridine rings is 1. The number of carbonyl (C=O) groups excluding carboxylic acids is 1. The minimum atomic E-state index is -4.49. The molecule has 1 aliphatic rings. The van der Waals surface area contributed by atoms with Gasteiger partial charge in [-0.25, -0.2) is 0 Å². The van der Waals surface area contributed by atoms with Crippen molar-refractivity contribution >= 4 is 5.91 Å². The molecule has 0 spiro atoms. The van der Waals surface area contributed by atoms with E-state index in [4.69, 9.17) is 0 Å². The van der Waals surface area contributed by atoms with E-state index in [1.54, 1.807) is 4.90 Å². The lowest BCUT2D eigenvalue weighted by molar-refractivity contribution is -0.141. The summed E-state index contributed by atoms with van der Waals surface area (Å²) in [5.74, 6) is -0.258. The number of rotatable bonds is 4. The molecule has 0 aliphatic carbocycles. The number of aromatic nitrogens is 1. The van der Waals surface area contributed by atoms with Gasteiger partial charge >= 0.3 is 6.18 Å². The average Bonchev–Trinajstić information content (AvgIpc) is 2.97. The van der Waals surface area contributed by atoms with E-state index in [1.165, 1.54) is 6.07 Å². The minimum absolute atomic E-state index is 0.0970. The van der Waals surface area contributed by atoms with E-state index in [9.17, 15) is 18.0 Å². The molecule has 1 saturated heterocycles. The summed E-state index contributed by atoms with van der Waals surface area (Å²) in [4.78, 5) is 17.5. The SMILES string of the molecule is CCCN(C(=O)c1ccc(C(F)(F)F)nc1)C1CCNC1. The zero-order valence-corrected chi connectivity index (χ0v) is 11.8. The van der Waals surface area contributed by atoms with Gasteiger partial charge in [-0.1, -0.05) is 6.92 Å². The van der Waals surface area contributed by atoms with Crippen LogP contribution in [-0.2, 0) is 6.18 Å². The average molecular weight is 301 g/mol. The van der Waals surface area contributed by atoms with Crippen LogP contribution in [0.4, 0.5) is 13.2 Å². The largest absolute Gasteiger partial charge is 0.433 e. The lowest BCUT2D eigenvalue weighted by Gasteiger charge is -2.28. The maximum Gasteiger partial charge on any atom is 0.433 e. The molecule has 116 valence electrons. The maximum atomic E-state index is 12.5. The molecule has 4 nitrogen and oxygen atoms in total. The Bertz CT molecular complexity index is 481. The van der Waals surface area contributed by atoms with E-state index in [1.807, 2.05) is 6.92 Å². The van der Waals surface area contributed by atoms with Crippen LogP contribution < -0.4 is 5.32 Å². The Labute approximate surface area is 121 Å². The zero-order valence-electron chi connectivity index (χ0n) is 11.8. The van der Waals surface area contributed by atoms with Gasteiger partial charge in [0.2, 0.25) is 0 Å². The van der Waals surface area contributed by atoms with Gasteiger partial charge in [-0.3, -0.25) is 9.78 Å². The van der Waals surface area contributed by atoms with Crippen LogP contribution in [-0.4, -0.2) is 41.5 Å². The van der Waals surface area contributed by atoms with Crippen molar-refractivity contribution in [1.29, 1.82) is 0 Å². The number of amides is 1. The summed E-state index contributed by atoms with van der Waals surface area (Å²) in [6.07, 6.45) is -1.81. The maximum absolute atomic E-state index is 12.5. The molecule has 0 bridgehead atoms. The Kier molecular flexibility index (Phi) is 4.82. The van der Waals surface area contributed by atoms with Crippen LogP contribution in [0.2, 0.25) is 0 Å². The van der Waals surface area contributed by atoms with Gasteiger partial charge in [0.05, 0.1) is 5.56 Å². The second-order valence-electron chi connectivity index (χ2n) is 5.08. The van der Waals surface area contributed by atoms with Gasteiger partial charge in [0.15, 0.2) is 0 Å². The first kappa shape index (κ1) is 15.8. The van der Waals surface area contributed by atoms with Crippen molar-refractivity contribution in [2.24, 2.45) is 0 Å². The van der Waals surface area contributed by atoms with Crippen LogP contribution in [0, 0.1) is 0 Å². The number of halogens is 3. The Balaban J connectivity index is 2.16. The van der Waals surface area contributed by atoms with E-state index in [0.717, 1.165) is 38.2 Å². The smallest absolute Gasteiger partial charge is 0.334 e. The quantitative estimate of drug-likeness (QED) is 0.928. The van der Waals surface area contributed by atoms with Crippen molar-refractivity contribution < 1.29 is 18.0 Å². The summed E-state index contributed by atoms with van der Waals surface area (Å²) in [6, 6.07) is 2.15. The summed E-state index contributed by atoms with van der Waals surface area (Å²) in [7, 11) is 0. The van der Waals surface area contributed by atoms with Crippen molar-refractivity contribution in [1.82, 2.24) is 15.2 Å². The number of alkyl halides is 3. The van der Waals surface area contributed by atoms with E-state index >= 15 is 0 Å². The molecule has 1 unspecified atom stereocenters. The molecule has 1 N–H and O–H groups in total. The summed E-state index contributed by atoms with van der Waals surface area (Å²) >= 11 is 0. The number of hydrogen-bond acceptors (Lipinski definition) is 3. The summed E-state index contributed by atoms with van der Waals surface area (Å²) < 4.78 is 37.4. The zero-order chi connectivity index (χ0) is 15.5. The van der Waals surface area contributed by atoms with Gasteiger partial charge in [-0.05, 0) is 31.5 Å². The van der Waals surface area contributed by atoms with Crippen LogP contribution in [0.1, 0.15) is 35.8 Å². The van der Waals surface area contributed by atoms with Crippen LogP contribution in [0.25, 0.3) is 0 Å². The predicted octanol–water partition coefficient (Wildman–Crippen LogP) is 2.31. The minimum Gasteiger partial charge on any atom is -0.334 e. The highest BCUT2D eigenvalue weighted by atomic mass is 19.4. The van der Waals surface area contributed by atoms with E-state index in [2.05, 4.69) is 10.3 Å². The van der Waals surface area contributed by atoms with Gasteiger partial charge in [-0.15, -0.1) is 0 Å². The van der Waals surface area contributed by atoms with Crippen molar-refractivity contribution in [2.75, 3.05) is 19.6 Å². The fourth-order valence-corrected chi connectivity index (χ4v) is 2.45. The molecule has 0 radical (unpaired) electrons. The topological polar surface area (TPSA) is 45.2 Å². The first-order chi connectivity index (χ1) is 9.93. The van der Waals surface area contributed by atoms with Crippen LogP contribution in [0.15, 0.2) is 18.3 Å². The van der Waals surface area contributed by atoms with E-state index < -0.39 is 11.9 Å². The monoisotopic (exact) mass is 301 g/mol. The highest BCUT2D eigenvalue weighted by Gasteiger charge is 2.33. The molecule has 21 heavy (non-hydrogen) atoms. The molecule has 1 aromatic rings. The Morgan fingerprint density at radius 3 is 2.71 bits per heavy atom. The highest BCUT2D eigenvalue weighted by Crippen LogP contribution is 2.27. The number of nitrogens with zero attached hydrogens (tertiary/aromatic N) is 2. The molecule has 1 amide bonds. The van der Waals surface area contributed by atoms with Gasteiger partial charge in [-0.2, -0.15) is 13.2 Å². The Morgan fingerprint density at radius 1 is 1.48 bits per heavy atom. The van der Waals surface area contributed by atoms with Crippen molar-refractivity contribution in [2.45, 2.75) is 32.0 Å². The molecule has 2 heterocycles. The fourth-order valence-electron chi connectivity index (χ4n) is 2.45. The number of hydrogen-bond donors (Lipinski definition) is 1. The third-order valence-electron chi connectivity index (χ3n) is 3.50. The first-order valence-corrected chi connectivity index (χ1v) is 6.98. The van der Waals surface area contributed by atoms with Crippen LogP contribution >= 0.6 is 0 Å². The molecule has 7 heteroatoms. The molecular formula is C14H18F3N3O. The van der Waals surface area contributed by atoms with Crippen molar-refractivity contribution in [3.63, 3.8) is 0 Å². The van der Waals surface area contributed by atoms with Gasteiger partial charge in [0, 0.05) is 25.3 Å². The lowest BCUT2D eigenvalue weighted by atomic mass is 10.1. The Hall–Kier alpha value is -1.63. The lowest BCUT2D eigenvalue weighted by Crippen LogP contribution is -2.42. The molecule has 0 saturated carbocycles. The number of carbonyl (C=O) groups is 1. The molecule has 2 rings (SSSR count). The van der Waals surface area contributed by atoms with Crippen molar-refractivity contribution in [3.05, 3.63) is 29.6 Å². The van der Waals surface area contributed by atoms with E-state index in [0.29, 0.717) is 6.54 Å². The summed E-state index contributed by atoms with van der Waals surface area (Å²) in [5.41, 5.74) is -0.785. The van der Waals surface area contributed by atoms with E-state index in [-0.39, 0.29) is 17.5 Å². The standard InChI is InChI=1S/C14H18F3N3O/c1-2-7-20(11-5-6-18-9-11)13(21)10-3-4-12(19-8-10)14(15,16)17/h3-4,8,11,18H,2,5-7,9H2,1H3. The molecule has 1 aromatic heterocycles.